The zero-order valence-corrected chi connectivity index (χ0v) is 14.8. The van der Waals surface area contributed by atoms with Gasteiger partial charge >= 0.3 is 6.09 Å². The number of fused-ring (bicyclic) bond motifs is 1. The van der Waals surface area contributed by atoms with Crippen molar-refractivity contribution in [1.29, 1.82) is 0 Å². The van der Waals surface area contributed by atoms with E-state index >= 15 is 0 Å². The predicted octanol–water partition coefficient (Wildman–Crippen LogP) is 4.58. The van der Waals surface area contributed by atoms with Gasteiger partial charge in [-0.25, -0.2) is 4.79 Å². The highest BCUT2D eigenvalue weighted by Gasteiger charge is 2.30. The molecule has 2 aromatic rings. The van der Waals surface area contributed by atoms with Crippen molar-refractivity contribution in [3.8, 4) is 0 Å². The summed E-state index contributed by atoms with van der Waals surface area (Å²) in [5.41, 5.74) is 3.65. The molecular formula is C19H20BrNO2. The van der Waals surface area contributed by atoms with Crippen molar-refractivity contribution < 1.29 is 9.53 Å². The molecule has 0 aromatic heterocycles. The summed E-state index contributed by atoms with van der Waals surface area (Å²) in [5.74, 6) is 0. The molecule has 0 radical (unpaired) electrons. The smallest absolute Gasteiger partial charge is 0.410 e. The number of hydrogen-bond acceptors (Lipinski definition) is 2. The zero-order valence-electron chi connectivity index (χ0n) is 13.2. The van der Waals surface area contributed by atoms with E-state index in [9.17, 15) is 4.79 Å². The van der Waals surface area contributed by atoms with Crippen LogP contribution in [0.1, 0.15) is 23.6 Å². The molecule has 2 aromatic carbocycles. The van der Waals surface area contributed by atoms with Crippen LogP contribution >= 0.6 is 15.9 Å². The molecule has 1 atom stereocenters. The summed E-state index contributed by atoms with van der Waals surface area (Å²) in [4.78, 5) is 14.3. The molecule has 1 amide bonds. The average Bonchev–Trinajstić information content (AvgIpc) is 2.97. The normalized spacial score (nSPS) is 16.0. The van der Waals surface area contributed by atoms with Gasteiger partial charge in [0, 0.05) is 17.1 Å². The second-order valence-electron chi connectivity index (χ2n) is 5.80. The molecule has 0 saturated carbocycles. The first-order valence-corrected chi connectivity index (χ1v) is 8.71. The lowest BCUT2D eigenvalue weighted by Crippen LogP contribution is -2.41. The molecular weight excluding hydrogens is 354 g/mol. The van der Waals surface area contributed by atoms with Gasteiger partial charge in [0.15, 0.2) is 0 Å². The standard InChI is InChI=1S/C19H20BrNO2/c1-2-21(19(22)23-13-14-6-4-3-5-7-14)18-11-15-8-9-17(20)10-16(15)12-18/h3-10,18H,2,11-13H2,1H3/t18-/m0/s1. The first-order valence-electron chi connectivity index (χ1n) is 7.92. The molecule has 4 heteroatoms. The van der Waals surface area contributed by atoms with Gasteiger partial charge in [-0.05, 0) is 48.6 Å². The Balaban J connectivity index is 1.63. The third-order valence-electron chi connectivity index (χ3n) is 4.30. The lowest BCUT2D eigenvalue weighted by molar-refractivity contribution is 0.0840. The number of hydrogen-bond donors (Lipinski definition) is 0. The van der Waals surface area contributed by atoms with Crippen LogP contribution in [-0.4, -0.2) is 23.6 Å². The highest BCUT2D eigenvalue weighted by Crippen LogP contribution is 2.28. The minimum atomic E-state index is -0.228. The molecule has 0 spiro atoms. The lowest BCUT2D eigenvalue weighted by atomic mass is 10.1. The molecule has 0 heterocycles. The third kappa shape index (κ3) is 3.75. The summed E-state index contributed by atoms with van der Waals surface area (Å²) < 4.78 is 6.58. The van der Waals surface area contributed by atoms with Crippen LogP contribution in [0.15, 0.2) is 53.0 Å². The molecule has 0 N–H and O–H groups in total. The van der Waals surface area contributed by atoms with Crippen molar-refractivity contribution in [3.63, 3.8) is 0 Å². The Morgan fingerprint density at radius 3 is 2.65 bits per heavy atom. The van der Waals surface area contributed by atoms with Gasteiger partial charge in [-0.3, -0.25) is 0 Å². The van der Waals surface area contributed by atoms with Crippen LogP contribution in [0.3, 0.4) is 0 Å². The second-order valence-corrected chi connectivity index (χ2v) is 6.72. The molecule has 23 heavy (non-hydrogen) atoms. The summed E-state index contributed by atoms with van der Waals surface area (Å²) in [6.07, 6.45) is 1.56. The number of ether oxygens (including phenoxy) is 1. The number of nitrogens with zero attached hydrogens (tertiary/aromatic N) is 1. The monoisotopic (exact) mass is 373 g/mol. The third-order valence-corrected chi connectivity index (χ3v) is 4.79. The van der Waals surface area contributed by atoms with E-state index in [1.807, 2.05) is 42.2 Å². The number of carbonyl (C=O) groups excluding carboxylic acids is 1. The summed E-state index contributed by atoms with van der Waals surface area (Å²) in [7, 11) is 0. The Bertz CT molecular complexity index is 687. The van der Waals surface area contributed by atoms with E-state index in [2.05, 4.69) is 34.1 Å². The fourth-order valence-electron chi connectivity index (χ4n) is 3.12. The van der Waals surface area contributed by atoms with E-state index < -0.39 is 0 Å². The fourth-order valence-corrected chi connectivity index (χ4v) is 3.53. The van der Waals surface area contributed by atoms with E-state index in [1.165, 1.54) is 11.1 Å². The van der Waals surface area contributed by atoms with Gasteiger partial charge in [-0.15, -0.1) is 0 Å². The number of amides is 1. The first kappa shape index (κ1) is 16.1. The SMILES string of the molecule is CCN(C(=O)OCc1ccccc1)[C@H]1Cc2ccc(Br)cc2C1. The second kappa shape index (κ2) is 7.18. The number of rotatable bonds is 4. The Kier molecular flexibility index (Phi) is 5.01. The number of benzene rings is 2. The van der Waals surface area contributed by atoms with Gasteiger partial charge in [-0.1, -0.05) is 52.3 Å². The predicted molar refractivity (Wildman–Crippen MR) is 94.3 cm³/mol. The fraction of sp³-hybridized carbons (Fsp3) is 0.316. The molecule has 0 unspecified atom stereocenters. The Morgan fingerprint density at radius 1 is 1.17 bits per heavy atom. The van der Waals surface area contributed by atoms with Crippen molar-refractivity contribution in [2.24, 2.45) is 0 Å². The minimum Gasteiger partial charge on any atom is -0.445 e. The van der Waals surface area contributed by atoms with E-state index in [1.54, 1.807) is 0 Å². The van der Waals surface area contributed by atoms with Crippen molar-refractivity contribution in [2.75, 3.05) is 6.54 Å². The van der Waals surface area contributed by atoms with Crippen molar-refractivity contribution in [2.45, 2.75) is 32.4 Å². The maximum absolute atomic E-state index is 12.4. The van der Waals surface area contributed by atoms with Crippen LogP contribution in [0.2, 0.25) is 0 Å². The topological polar surface area (TPSA) is 29.5 Å². The number of carbonyl (C=O) groups is 1. The molecule has 0 aliphatic heterocycles. The van der Waals surface area contributed by atoms with E-state index in [0.29, 0.717) is 13.2 Å². The zero-order chi connectivity index (χ0) is 16.2. The summed E-state index contributed by atoms with van der Waals surface area (Å²) in [5, 5.41) is 0. The van der Waals surface area contributed by atoms with E-state index in [4.69, 9.17) is 4.74 Å². The van der Waals surface area contributed by atoms with Gasteiger partial charge in [0.2, 0.25) is 0 Å². The molecule has 1 aliphatic carbocycles. The first-order chi connectivity index (χ1) is 11.2. The summed E-state index contributed by atoms with van der Waals surface area (Å²) in [6.45, 7) is 2.98. The summed E-state index contributed by atoms with van der Waals surface area (Å²) in [6, 6.07) is 16.3. The van der Waals surface area contributed by atoms with Crippen LogP contribution < -0.4 is 0 Å². The minimum absolute atomic E-state index is 0.188. The van der Waals surface area contributed by atoms with Crippen molar-refractivity contribution in [1.82, 2.24) is 4.90 Å². The Labute approximate surface area is 145 Å². The van der Waals surface area contributed by atoms with Crippen LogP contribution in [0.4, 0.5) is 4.79 Å². The number of likely N-dealkylation sites (N-methyl/N-ethyl adjacent to an activating group) is 1. The molecule has 0 bridgehead atoms. The highest BCUT2D eigenvalue weighted by molar-refractivity contribution is 9.10. The lowest BCUT2D eigenvalue weighted by Gasteiger charge is -2.26. The average molecular weight is 374 g/mol. The summed E-state index contributed by atoms with van der Waals surface area (Å²) >= 11 is 3.51. The maximum Gasteiger partial charge on any atom is 0.410 e. The van der Waals surface area contributed by atoms with Gasteiger partial charge < -0.3 is 9.64 Å². The van der Waals surface area contributed by atoms with Crippen molar-refractivity contribution in [3.05, 3.63) is 69.7 Å². The molecule has 120 valence electrons. The number of halogens is 1. The molecule has 0 saturated heterocycles. The quantitative estimate of drug-likeness (QED) is 0.784. The van der Waals surface area contributed by atoms with Gasteiger partial charge in [-0.2, -0.15) is 0 Å². The van der Waals surface area contributed by atoms with Crippen LogP contribution in [0.25, 0.3) is 0 Å². The van der Waals surface area contributed by atoms with Crippen LogP contribution in [-0.2, 0) is 24.2 Å². The van der Waals surface area contributed by atoms with E-state index in [0.717, 1.165) is 22.9 Å². The van der Waals surface area contributed by atoms with Crippen LogP contribution in [0.5, 0.6) is 0 Å². The van der Waals surface area contributed by atoms with Gasteiger partial charge in [0.25, 0.3) is 0 Å². The van der Waals surface area contributed by atoms with Gasteiger partial charge in [0.1, 0.15) is 6.61 Å². The molecule has 0 fully saturated rings. The molecule has 3 nitrogen and oxygen atoms in total. The van der Waals surface area contributed by atoms with Crippen molar-refractivity contribution >= 4 is 22.0 Å². The Morgan fingerprint density at radius 2 is 1.91 bits per heavy atom. The maximum atomic E-state index is 12.4. The molecule has 3 rings (SSSR count). The largest absolute Gasteiger partial charge is 0.445 e. The Hall–Kier alpha value is -1.81. The highest BCUT2D eigenvalue weighted by atomic mass is 79.9. The van der Waals surface area contributed by atoms with Gasteiger partial charge in [0.05, 0.1) is 0 Å². The molecule has 1 aliphatic rings. The van der Waals surface area contributed by atoms with Crippen LogP contribution in [0, 0.1) is 0 Å². The van der Waals surface area contributed by atoms with E-state index in [-0.39, 0.29) is 12.1 Å².